The van der Waals surface area contributed by atoms with Gasteiger partial charge in [-0.3, -0.25) is 4.79 Å². The molecule has 6 nitrogen and oxygen atoms in total. The van der Waals surface area contributed by atoms with Crippen LogP contribution in [-0.4, -0.2) is 35.7 Å². The highest BCUT2D eigenvalue weighted by molar-refractivity contribution is 7.13. The SMILES string of the molecule is COCCCCC(=O)NCc1cccc(-c2nc(C(=O)O)cs2)c1. The third-order valence-electron chi connectivity index (χ3n) is 3.39. The summed E-state index contributed by atoms with van der Waals surface area (Å²) in [6.07, 6.45) is 2.16. The largest absolute Gasteiger partial charge is 0.476 e. The van der Waals surface area contributed by atoms with Crippen molar-refractivity contribution in [3.8, 4) is 10.6 Å². The Morgan fingerprint density at radius 1 is 1.33 bits per heavy atom. The first-order valence-corrected chi connectivity index (χ1v) is 8.52. The van der Waals surface area contributed by atoms with Gasteiger partial charge in [-0.25, -0.2) is 9.78 Å². The van der Waals surface area contributed by atoms with Gasteiger partial charge in [0.05, 0.1) is 0 Å². The number of nitrogens with one attached hydrogen (secondary N) is 1. The van der Waals surface area contributed by atoms with E-state index in [0.717, 1.165) is 24.0 Å². The van der Waals surface area contributed by atoms with Crippen molar-refractivity contribution in [1.82, 2.24) is 10.3 Å². The number of nitrogens with zero attached hydrogens (tertiary/aromatic N) is 1. The van der Waals surface area contributed by atoms with Crippen molar-refractivity contribution in [2.45, 2.75) is 25.8 Å². The van der Waals surface area contributed by atoms with Crippen LogP contribution in [0, 0.1) is 0 Å². The molecule has 0 unspecified atom stereocenters. The third kappa shape index (κ3) is 5.43. The quantitative estimate of drug-likeness (QED) is 0.680. The lowest BCUT2D eigenvalue weighted by Crippen LogP contribution is -2.22. The highest BCUT2D eigenvalue weighted by Crippen LogP contribution is 2.24. The van der Waals surface area contributed by atoms with Gasteiger partial charge in [0.15, 0.2) is 5.69 Å². The first-order valence-electron chi connectivity index (χ1n) is 7.64. The van der Waals surface area contributed by atoms with Gasteiger partial charge in [0.2, 0.25) is 5.91 Å². The van der Waals surface area contributed by atoms with E-state index in [1.807, 2.05) is 24.3 Å². The average Bonchev–Trinajstić information content (AvgIpc) is 3.08. The molecule has 0 atom stereocenters. The van der Waals surface area contributed by atoms with Crippen LogP contribution in [-0.2, 0) is 16.1 Å². The van der Waals surface area contributed by atoms with Gasteiger partial charge in [-0.2, -0.15) is 0 Å². The minimum Gasteiger partial charge on any atom is -0.476 e. The molecule has 1 aromatic heterocycles. The lowest BCUT2D eigenvalue weighted by molar-refractivity contribution is -0.121. The van der Waals surface area contributed by atoms with E-state index in [-0.39, 0.29) is 11.6 Å². The second-order valence-corrected chi connectivity index (χ2v) is 6.13. The second kappa shape index (κ2) is 9.14. The monoisotopic (exact) mass is 348 g/mol. The second-order valence-electron chi connectivity index (χ2n) is 5.27. The van der Waals surface area contributed by atoms with Crippen LogP contribution in [0.3, 0.4) is 0 Å². The lowest BCUT2D eigenvalue weighted by Gasteiger charge is -2.06. The molecule has 24 heavy (non-hydrogen) atoms. The molecule has 2 rings (SSSR count). The molecule has 128 valence electrons. The fourth-order valence-corrected chi connectivity index (χ4v) is 2.93. The van der Waals surface area contributed by atoms with E-state index in [9.17, 15) is 9.59 Å². The van der Waals surface area contributed by atoms with Gasteiger partial charge in [0.1, 0.15) is 5.01 Å². The summed E-state index contributed by atoms with van der Waals surface area (Å²) in [5, 5.41) is 14.0. The van der Waals surface area contributed by atoms with E-state index < -0.39 is 5.97 Å². The fraction of sp³-hybridized carbons (Fsp3) is 0.353. The van der Waals surface area contributed by atoms with E-state index in [1.54, 1.807) is 7.11 Å². The molecule has 2 aromatic rings. The number of unbranched alkanes of at least 4 members (excludes halogenated alkanes) is 1. The number of rotatable bonds is 9. The van der Waals surface area contributed by atoms with Crippen LogP contribution in [0.2, 0.25) is 0 Å². The highest BCUT2D eigenvalue weighted by Gasteiger charge is 2.10. The molecule has 0 spiro atoms. The zero-order valence-corrected chi connectivity index (χ0v) is 14.3. The number of carbonyl (C=O) groups excluding carboxylic acids is 1. The number of thiazole rings is 1. The molecule has 0 aliphatic rings. The number of aromatic nitrogens is 1. The molecule has 0 aliphatic carbocycles. The van der Waals surface area contributed by atoms with Crippen LogP contribution >= 0.6 is 11.3 Å². The molecular weight excluding hydrogens is 328 g/mol. The molecule has 7 heteroatoms. The first kappa shape index (κ1) is 18.1. The lowest BCUT2D eigenvalue weighted by atomic mass is 10.1. The smallest absolute Gasteiger partial charge is 0.355 e. The maximum absolute atomic E-state index is 11.8. The minimum atomic E-state index is -1.03. The van der Waals surface area contributed by atoms with E-state index in [1.165, 1.54) is 16.7 Å². The number of carboxylic acids is 1. The third-order valence-corrected chi connectivity index (χ3v) is 4.28. The van der Waals surface area contributed by atoms with Crippen LogP contribution < -0.4 is 5.32 Å². The average molecular weight is 348 g/mol. The molecule has 0 saturated heterocycles. The molecule has 2 N–H and O–H groups in total. The Balaban J connectivity index is 1.90. The summed E-state index contributed by atoms with van der Waals surface area (Å²) >= 11 is 1.29. The number of hydrogen-bond donors (Lipinski definition) is 2. The zero-order valence-electron chi connectivity index (χ0n) is 13.4. The minimum absolute atomic E-state index is 0.0129. The fourth-order valence-electron chi connectivity index (χ4n) is 2.14. The van der Waals surface area contributed by atoms with Gasteiger partial charge >= 0.3 is 5.97 Å². The van der Waals surface area contributed by atoms with Gasteiger partial charge in [-0.05, 0) is 24.5 Å². The maximum atomic E-state index is 11.8. The predicted octanol–water partition coefficient (Wildman–Crippen LogP) is 2.94. The van der Waals surface area contributed by atoms with E-state index in [0.29, 0.717) is 24.6 Å². The summed E-state index contributed by atoms with van der Waals surface area (Å²) in [6, 6.07) is 7.58. The summed E-state index contributed by atoms with van der Waals surface area (Å²) < 4.78 is 4.95. The van der Waals surface area contributed by atoms with Crippen LogP contribution in [0.1, 0.15) is 35.3 Å². The Kier molecular flexibility index (Phi) is 6.89. The molecule has 0 saturated carbocycles. The normalized spacial score (nSPS) is 10.5. The van der Waals surface area contributed by atoms with E-state index >= 15 is 0 Å². The summed E-state index contributed by atoms with van der Waals surface area (Å²) in [5.74, 6) is -1.02. The number of benzene rings is 1. The van der Waals surface area contributed by atoms with Crippen molar-refractivity contribution in [2.24, 2.45) is 0 Å². The Morgan fingerprint density at radius 2 is 2.17 bits per heavy atom. The topological polar surface area (TPSA) is 88.5 Å². The number of carbonyl (C=O) groups is 2. The summed E-state index contributed by atoms with van der Waals surface area (Å²) in [5.41, 5.74) is 1.84. The molecule has 0 fully saturated rings. The van der Waals surface area contributed by atoms with Crippen molar-refractivity contribution < 1.29 is 19.4 Å². The van der Waals surface area contributed by atoms with Gasteiger partial charge in [0.25, 0.3) is 0 Å². The van der Waals surface area contributed by atoms with E-state index in [4.69, 9.17) is 9.84 Å². The van der Waals surface area contributed by atoms with Crippen LogP contribution in [0.15, 0.2) is 29.6 Å². The van der Waals surface area contributed by atoms with Crippen molar-refractivity contribution >= 4 is 23.2 Å². The highest BCUT2D eigenvalue weighted by atomic mass is 32.1. The molecule has 0 bridgehead atoms. The van der Waals surface area contributed by atoms with E-state index in [2.05, 4.69) is 10.3 Å². The maximum Gasteiger partial charge on any atom is 0.355 e. The van der Waals surface area contributed by atoms with Crippen LogP contribution in [0.4, 0.5) is 0 Å². The summed E-state index contributed by atoms with van der Waals surface area (Å²) in [7, 11) is 1.65. The molecule has 0 radical (unpaired) electrons. The van der Waals surface area contributed by atoms with Gasteiger partial charge in [-0.1, -0.05) is 18.2 Å². The molecule has 1 amide bonds. The summed E-state index contributed by atoms with van der Waals surface area (Å²) in [4.78, 5) is 26.8. The van der Waals surface area contributed by atoms with Crippen LogP contribution in [0.5, 0.6) is 0 Å². The number of carboxylic acid groups (broad SMARTS) is 1. The Hall–Kier alpha value is -2.25. The van der Waals surface area contributed by atoms with Gasteiger partial charge in [0, 0.05) is 37.6 Å². The Morgan fingerprint density at radius 3 is 2.88 bits per heavy atom. The standard InChI is InChI=1S/C17H20N2O4S/c1-23-8-3-2-7-15(20)18-10-12-5-4-6-13(9-12)16-19-14(11-24-16)17(21)22/h4-6,9,11H,2-3,7-8,10H2,1H3,(H,18,20)(H,21,22). The molecule has 1 aromatic carbocycles. The number of amides is 1. The number of ether oxygens (including phenoxy) is 1. The number of methoxy groups -OCH3 is 1. The van der Waals surface area contributed by atoms with Crippen molar-refractivity contribution in [3.05, 3.63) is 40.9 Å². The van der Waals surface area contributed by atoms with Gasteiger partial charge in [-0.15, -0.1) is 11.3 Å². The zero-order chi connectivity index (χ0) is 17.4. The number of aromatic carboxylic acids is 1. The van der Waals surface area contributed by atoms with Crippen molar-refractivity contribution in [3.63, 3.8) is 0 Å². The number of hydrogen-bond acceptors (Lipinski definition) is 5. The Labute approximate surface area is 144 Å². The van der Waals surface area contributed by atoms with Crippen molar-refractivity contribution in [2.75, 3.05) is 13.7 Å². The van der Waals surface area contributed by atoms with Crippen molar-refractivity contribution in [1.29, 1.82) is 0 Å². The van der Waals surface area contributed by atoms with Crippen LogP contribution in [0.25, 0.3) is 10.6 Å². The van der Waals surface area contributed by atoms with Gasteiger partial charge < -0.3 is 15.2 Å². The first-order chi connectivity index (χ1) is 11.6. The Bertz CT molecular complexity index is 699. The summed E-state index contributed by atoms with van der Waals surface area (Å²) in [6.45, 7) is 1.11. The molecular formula is C17H20N2O4S. The predicted molar refractivity (Wildman–Crippen MR) is 92.1 cm³/mol. The molecule has 0 aliphatic heterocycles. The molecule has 1 heterocycles.